The van der Waals surface area contributed by atoms with Gasteiger partial charge in [0.05, 0.1) is 6.61 Å². The second-order valence-corrected chi connectivity index (χ2v) is 6.50. The van der Waals surface area contributed by atoms with Gasteiger partial charge in [-0.3, -0.25) is 4.79 Å². The molecule has 0 aliphatic rings. The first-order valence-electron chi connectivity index (χ1n) is 7.28. The predicted octanol–water partition coefficient (Wildman–Crippen LogP) is 2.84. The first kappa shape index (κ1) is 19.8. The number of aliphatic hydroxyl groups is 1. The third kappa shape index (κ3) is 5.77. The normalized spacial score (nSPS) is 14.0. The lowest BCUT2D eigenvalue weighted by molar-refractivity contribution is -0.123. The molecule has 2 amide bonds. The highest BCUT2D eigenvalue weighted by molar-refractivity contribution is 5.99. The molecule has 0 radical (unpaired) electrons. The molecule has 6 nitrogen and oxygen atoms in total. The van der Waals surface area contributed by atoms with Crippen molar-refractivity contribution in [2.75, 3.05) is 11.9 Å². The molecular formula is C16H22F2N2O4. The molecule has 24 heavy (non-hydrogen) atoms. The van der Waals surface area contributed by atoms with Crippen LogP contribution in [-0.2, 0) is 9.53 Å². The van der Waals surface area contributed by atoms with E-state index in [-0.39, 0.29) is 11.3 Å². The van der Waals surface area contributed by atoms with Gasteiger partial charge < -0.3 is 20.5 Å². The number of aliphatic hydroxyl groups excluding tert-OH is 1. The zero-order chi connectivity index (χ0) is 18.5. The number of nitrogens with one attached hydrogen (secondary N) is 2. The van der Waals surface area contributed by atoms with Gasteiger partial charge in [0, 0.05) is 11.3 Å². The number of rotatable bonds is 5. The van der Waals surface area contributed by atoms with Crippen molar-refractivity contribution in [3.8, 4) is 0 Å². The number of amides is 2. The summed E-state index contributed by atoms with van der Waals surface area (Å²) in [5, 5.41) is 14.2. The van der Waals surface area contributed by atoms with E-state index in [1.54, 1.807) is 20.8 Å². The molecule has 1 aromatic rings. The number of carbonyl (C=O) groups excluding carboxylic acids is 2. The van der Waals surface area contributed by atoms with Crippen LogP contribution in [0, 0.1) is 0 Å². The van der Waals surface area contributed by atoms with E-state index in [0.29, 0.717) is 0 Å². The molecule has 0 spiro atoms. The summed E-state index contributed by atoms with van der Waals surface area (Å²) in [5.41, 5.74) is -2.58. The summed E-state index contributed by atoms with van der Waals surface area (Å²) in [6, 6.07) is 5.14. The molecule has 0 bridgehead atoms. The first-order chi connectivity index (χ1) is 11.0. The van der Waals surface area contributed by atoms with Gasteiger partial charge in [-0.15, -0.1) is 0 Å². The highest BCUT2D eigenvalue weighted by Gasteiger charge is 2.36. The molecule has 1 rings (SSSR count). The second kappa shape index (κ2) is 7.57. The number of hydrogen-bond donors (Lipinski definition) is 3. The van der Waals surface area contributed by atoms with Gasteiger partial charge >= 0.3 is 6.09 Å². The van der Waals surface area contributed by atoms with E-state index >= 15 is 0 Å². The Morgan fingerprint density at radius 2 is 1.88 bits per heavy atom. The van der Waals surface area contributed by atoms with Crippen LogP contribution in [0.3, 0.4) is 0 Å². The van der Waals surface area contributed by atoms with Crippen LogP contribution in [0.4, 0.5) is 19.3 Å². The number of alkyl halides is 2. The highest BCUT2D eigenvalue weighted by atomic mass is 19.3. The zero-order valence-corrected chi connectivity index (χ0v) is 14.0. The minimum atomic E-state index is -2.68. The van der Waals surface area contributed by atoms with E-state index < -0.39 is 36.2 Å². The Morgan fingerprint density at radius 1 is 1.25 bits per heavy atom. The fourth-order valence-corrected chi connectivity index (χ4v) is 1.72. The number of halogens is 2. The Balaban J connectivity index is 2.85. The van der Waals surface area contributed by atoms with Crippen LogP contribution in [0.25, 0.3) is 0 Å². The average molecular weight is 344 g/mol. The van der Waals surface area contributed by atoms with Crippen LogP contribution < -0.4 is 10.6 Å². The van der Waals surface area contributed by atoms with Crippen molar-refractivity contribution in [3.63, 3.8) is 0 Å². The van der Waals surface area contributed by atoms with E-state index in [4.69, 9.17) is 4.74 Å². The lowest BCUT2D eigenvalue weighted by Gasteiger charge is -2.29. The van der Waals surface area contributed by atoms with Crippen molar-refractivity contribution in [1.82, 2.24) is 5.32 Å². The molecule has 0 saturated heterocycles. The highest BCUT2D eigenvalue weighted by Crippen LogP contribution is 2.22. The topological polar surface area (TPSA) is 87.7 Å². The van der Waals surface area contributed by atoms with Crippen molar-refractivity contribution in [3.05, 3.63) is 29.8 Å². The maximum Gasteiger partial charge on any atom is 0.408 e. The summed E-state index contributed by atoms with van der Waals surface area (Å²) in [5.74, 6) is -0.762. The number of alkyl carbamates (subject to hydrolysis) is 1. The fourth-order valence-electron chi connectivity index (χ4n) is 1.72. The molecule has 0 heterocycles. The van der Waals surface area contributed by atoms with Crippen molar-refractivity contribution in [2.45, 2.75) is 45.3 Å². The van der Waals surface area contributed by atoms with Crippen LogP contribution in [-0.4, -0.2) is 34.9 Å². The maximum atomic E-state index is 12.7. The Kier molecular flexibility index (Phi) is 6.25. The molecule has 8 heteroatoms. The van der Waals surface area contributed by atoms with E-state index in [1.165, 1.54) is 25.1 Å². The molecule has 0 fully saturated rings. The van der Waals surface area contributed by atoms with Crippen LogP contribution in [0.1, 0.15) is 39.7 Å². The van der Waals surface area contributed by atoms with Gasteiger partial charge in [0.2, 0.25) is 0 Å². The third-order valence-corrected chi connectivity index (χ3v) is 2.99. The predicted molar refractivity (Wildman–Crippen MR) is 84.9 cm³/mol. The molecule has 0 saturated carbocycles. The van der Waals surface area contributed by atoms with Crippen LogP contribution >= 0.6 is 0 Å². The van der Waals surface area contributed by atoms with Gasteiger partial charge in [-0.05, 0) is 39.8 Å². The molecule has 1 aromatic carbocycles. The number of anilines is 1. The third-order valence-electron chi connectivity index (χ3n) is 2.99. The van der Waals surface area contributed by atoms with E-state index in [0.717, 1.165) is 6.07 Å². The molecular weight excluding hydrogens is 322 g/mol. The number of ether oxygens (including phenoxy) is 1. The minimum absolute atomic E-state index is 0.128. The van der Waals surface area contributed by atoms with Crippen molar-refractivity contribution in [1.29, 1.82) is 0 Å². The summed E-state index contributed by atoms with van der Waals surface area (Å²) >= 11 is 0. The minimum Gasteiger partial charge on any atom is -0.444 e. The van der Waals surface area contributed by atoms with Gasteiger partial charge in [-0.1, -0.05) is 12.1 Å². The number of hydrogen-bond acceptors (Lipinski definition) is 4. The molecule has 1 atom stereocenters. The molecule has 0 aromatic heterocycles. The Bertz CT molecular complexity index is 602. The zero-order valence-electron chi connectivity index (χ0n) is 14.0. The SMILES string of the molecule is CC(C)(C)OC(=O)NC(C)(CO)C(=O)Nc1cccc(C(F)F)c1. The smallest absolute Gasteiger partial charge is 0.408 e. The van der Waals surface area contributed by atoms with E-state index in [9.17, 15) is 23.5 Å². The van der Waals surface area contributed by atoms with Crippen LogP contribution in [0.15, 0.2) is 24.3 Å². The standard InChI is InChI=1S/C16H22F2N2O4/c1-15(2,3)24-14(23)20-16(4,9-21)13(22)19-11-7-5-6-10(8-11)12(17)18/h5-8,12,21H,9H2,1-4H3,(H,19,22)(H,20,23). The van der Waals surface area contributed by atoms with Gasteiger partial charge in [-0.25, -0.2) is 13.6 Å². The Labute approximate surface area is 139 Å². The Morgan fingerprint density at radius 3 is 2.38 bits per heavy atom. The summed E-state index contributed by atoms with van der Waals surface area (Å²) in [4.78, 5) is 24.1. The lowest BCUT2D eigenvalue weighted by Crippen LogP contribution is -2.58. The fraction of sp³-hybridized carbons (Fsp3) is 0.500. The van der Waals surface area contributed by atoms with E-state index in [1.807, 2.05) is 0 Å². The van der Waals surface area contributed by atoms with Gasteiger partial charge in [0.15, 0.2) is 0 Å². The van der Waals surface area contributed by atoms with Gasteiger partial charge in [0.25, 0.3) is 12.3 Å². The first-order valence-corrected chi connectivity index (χ1v) is 7.28. The summed E-state index contributed by atoms with van der Waals surface area (Å²) in [6.45, 7) is 5.55. The van der Waals surface area contributed by atoms with Crippen molar-refractivity contribution in [2.24, 2.45) is 0 Å². The van der Waals surface area contributed by atoms with Gasteiger partial charge in [-0.2, -0.15) is 0 Å². The monoisotopic (exact) mass is 344 g/mol. The maximum absolute atomic E-state index is 12.7. The molecule has 0 aliphatic carbocycles. The largest absolute Gasteiger partial charge is 0.444 e. The number of benzene rings is 1. The lowest BCUT2D eigenvalue weighted by atomic mass is 10.0. The van der Waals surface area contributed by atoms with E-state index in [2.05, 4.69) is 10.6 Å². The average Bonchev–Trinajstić information content (AvgIpc) is 2.45. The summed E-state index contributed by atoms with van der Waals surface area (Å²) in [7, 11) is 0. The summed E-state index contributed by atoms with van der Waals surface area (Å²) in [6.07, 6.45) is -3.55. The quantitative estimate of drug-likeness (QED) is 0.766. The molecule has 134 valence electrons. The second-order valence-electron chi connectivity index (χ2n) is 6.50. The van der Waals surface area contributed by atoms with Gasteiger partial charge in [0.1, 0.15) is 11.1 Å². The van der Waals surface area contributed by atoms with Crippen LogP contribution in [0.2, 0.25) is 0 Å². The molecule has 3 N–H and O–H groups in total. The van der Waals surface area contributed by atoms with Crippen molar-refractivity contribution < 1.29 is 28.2 Å². The summed E-state index contributed by atoms with van der Waals surface area (Å²) < 4.78 is 30.4. The number of carbonyl (C=O) groups is 2. The molecule has 0 aliphatic heterocycles. The van der Waals surface area contributed by atoms with Crippen molar-refractivity contribution >= 4 is 17.7 Å². The van der Waals surface area contributed by atoms with Crippen LogP contribution in [0.5, 0.6) is 0 Å². The Hall–Kier alpha value is -2.22. The molecule has 1 unspecified atom stereocenters.